The lowest BCUT2D eigenvalue weighted by atomic mass is 10.1. The SMILES string of the molecule is O=C(C1CN(Cc2nccn2Cc2ccccc2)c2ccccc2O1)N1CCOCC1. The van der Waals surface area contributed by atoms with Crippen LogP contribution in [-0.4, -0.2) is 59.3 Å². The van der Waals surface area contributed by atoms with Crippen LogP contribution in [0.25, 0.3) is 0 Å². The van der Waals surface area contributed by atoms with Crippen LogP contribution in [0.1, 0.15) is 11.4 Å². The molecule has 1 aromatic heterocycles. The standard InChI is InChI=1S/C24H26N4O3/c29-24(26-12-14-30-15-13-26)22-17-28(20-8-4-5-9-21(20)31-22)18-23-25-10-11-27(23)16-19-6-2-1-3-7-19/h1-11,22H,12-18H2. The number of rotatable bonds is 5. The molecule has 0 saturated carbocycles. The topological polar surface area (TPSA) is 59.8 Å². The predicted octanol–water partition coefficient (Wildman–Crippen LogP) is 2.56. The molecule has 7 heteroatoms. The Morgan fingerprint density at radius 2 is 1.77 bits per heavy atom. The largest absolute Gasteiger partial charge is 0.477 e. The van der Waals surface area contributed by atoms with Gasteiger partial charge in [0.15, 0.2) is 6.10 Å². The molecule has 0 spiro atoms. The van der Waals surface area contributed by atoms with E-state index in [0.29, 0.717) is 39.4 Å². The number of ether oxygens (including phenoxy) is 2. The van der Waals surface area contributed by atoms with Gasteiger partial charge in [-0.05, 0) is 17.7 Å². The Morgan fingerprint density at radius 1 is 1.00 bits per heavy atom. The van der Waals surface area contributed by atoms with Gasteiger partial charge in [-0.25, -0.2) is 4.98 Å². The van der Waals surface area contributed by atoms with E-state index in [1.807, 2.05) is 59.8 Å². The number of anilines is 1. The fourth-order valence-corrected chi connectivity index (χ4v) is 4.16. The Balaban J connectivity index is 1.37. The van der Waals surface area contributed by atoms with Gasteiger partial charge in [0.2, 0.25) is 0 Å². The number of benzene rings is 2. The average molecular weight is 418 g/mol. The molecule has 1 fully saturated rings. The minimum atomic E-state index is -0.537. The van der Waals surface area contributed by atoms with Crippen molar-refractivity contribution < 1.29 is 14.3 Å². The Bertz CT molecular complexity index is 1030. The number of para-hydroxylation sites is 2. The van der Waals surface area contributed by atoms with Crippen molar-refractivity contribution in [3.63, 3.8) is 0 Å². The second kappa shape index (κ2) is 8.81. The number of aromatic nitrogens is 2. The molecule has 0 radical (unpaired) electrons. The molecule has 0 N–H and O–H groups in total. The normalized spacial score (nSPS) is 18.4. The Kier molecular flexibility index (Phi) is 5.58. The summed E-state index contributed by atoms with van der Waals surface area (Å²) in [6.07, 6.45) is 3.30. The third-order valence-corrected chi connectivity index (χ3v) is 5.79. The highest BCUT2D eigenvalue weighted by Crippen LogP contribution is 2.34. The number of fused-ring (bicyclic) bond motifs is 1. The summed E-state index contributed by atoms with van der Waals surface area (Å²) in [5.74, 6) is 1.72. The molecule has 3 aromatic rings. The van der Waals surface area contributed by atoms with Gasteiger partial charge in [0.05, 0.1) is 32.0 Å². The number of hydrogen-bond acceptors (Lipinski definition) is 5. The van der Waals surface area contributed by atoms with E-state index in [-0.39, 0.29) is 5.91 Å². The molecule has 1 unspecified atom stereocenters. The van der Waals surface area contributed by atoms with Gasteiger partial charge >= 0.3 is 0 Å². The number of carbonyl (C=O) groups is 1. The van der Waals surface area contributed by atoms with Crippen molar-refractivity contribution in [2.75, 3.05) is 37.7 Å². The summed E-state index contributed by atoms with van der Waals surface area (Å²) in [5, 5.41) is 0. The first kappa shape index (κ1) is 19.6. The molecule has 3 heterocycles. The zero-order chi connectivity index (χ0) is 21.0. The minimum absolute atomic E-state index is 0.0235. The summed E-state index contributed by atoms with van der Waals surface area (Å²) >= 11 is 0. The smallest absolute Gasteiger partial charge is 0.265 e. The number of imidazole rings is 1. The maximum atomic E-state index is 13.1. The van der Waals surface area contributed by atoms with Gasteiger partial charge in [0.1, 0.15) is 11.6 Å². The van der Waals surface area contributed by atoms with E-state index in [1.54, 1.807) is 0 Å². The van der Waals surface area contributed by atoms with Gasteiger partial charge in [0.25, 0.3) is 5.91 Å². The van der Waals surface area contributed by atoms with Gasteiger partial charge in [-0.1, -0.05) is 42.5 Å². The predicted molar refractivity (Wildman–Crippen MR) is 117 cm³/mol. The summed E-state index contributed by atoms with van der Waals surface area (Å²) in [7, 11) is 0. The molecule has 1 atom stereocenters. The van der Waals surface area contributed by atoms with Crippen molar-refractivity contribution in [2.24, 2.45) is 0 Å². The summed E-state index contributed by atoms with van der Waals surface area (Å²) in [6, 6.07) is 18.2. The van der Waals surface area contributed by atoms with E-state index in [2.05, 4.69) is 26.6 Å². The zero-order valence-corrected chi connectivity index (χ0v) is 17.4. The van der Waals surface area contributed by atoms with Gasteiger partial charge < -0.3 is 23.8 Å². The first-order valence-electron chi connectivity index (χ1n) is 10.7. The van der Waals surface area contributed by atoms with E-state index in [9.17, 15) is 4.79 Å². The molecule has 2 aliphatic heterocycles. The molecule has 5 rings (SSSR count). The van der Waals surface area contributed by atoms with Gasteiger partial charge in [-0.2, -0.15) is 0 Å². The number of carbonyl (C=O) groups excluding carboxylic acids is 1. The second-order valence-corrected chi connectivity index (χ2v) is 7.85. The van der Waals surface area contributed by atoms with E-state index in [4.69, 9.17) is 9.47 Å². The number of hydrogen-bond donors (Lipinski definition) is 0. The summed E-state index contributed by atoms with van der Waals surface area (Å²) < 4.78 is 13.7. The highest BCUT2D eigenvalue weighted by molar-refractivity contribution is 5.83. The lowest BCUT2D eigenvalue weighted by Gasteiger charge is -2.38. The number of morpholine rings is 1. The van der Waals surface area contributed by atoms with Crippen LogP contribution in [0.2, 0.25) is 0 Å². The van der Waals surface area contributed by atoms with Crippen LogP contribution in [0.5, 0.6) is 5.75 Å². The lowest BCUT2D eigenvalue weighted by molar-refractivity contribution is -0.142. The molecule has 7 nitrogen and oxygen atoms in total. The average Bonchev–Trinajstić information content (AvgIpc) is 3.26. The molecule has 160 valence electrons. The van der Waals surface area contributed by atoms with Crippen molar-refractivity contribution in [3.05, 3.63) is 78.4 Å². The van der Waals surface area contributed by atoms with Crippen LogP contribution in [0.4, 0.5) is 5.69 Å². The quantitative estimate of drug-likeness (QED) is 0.637. The molecule has 31 heavy (non-hydrogen) atoms. The van der Waals surface area contributed by atoms with Crippen LogP contribution in [0, 0.1) is 0 Å². The van der Waals surface area contributed by atoms with Crippen molar-refractivity contribution in [1.82, 2.24) is 14.5 Å². The molecular weight excluding hydrogens is 392 g/mol. The fourth-order valence-electron chi connectivity index (χ4n) is 4.16. The second-order valence-electron chi connectivity index (χ2n) is 7.85. The highest BCUT2D eigenvalue weighted by atomic mass is 16.5. The van der Waals surface area contributed by atoms with Crippen molar-refractivity contribution >= 4 is 11.6 Å². The Morgan fingerprint density at radius 3 is 2.61 bits per heavy atom. The number of nitrogens with zero attached hydrogens (tertiary/aromatic N) is 4. The van der Waals surface area contributed by atoms with E-state index in [0.717, 1.165) is 23.8 Å². The molecule has 1 saturated heterocycles. The highest BCUT2D eigenvalue weighted by Gasteiger charge is 2.34. The Hall–Kier alpha value is -3.32. The molecule has 1 amide bonds. The zero-order valence-electron chi connectivity index (χ0n) is 17.4. The summed E-state index contributed by atoms with van der Waals surface area (Å²) in [4.78, 5) is 21.8. The molecule has 2 aromatic carbocycles. The van der Waals surface area contributed by atoms with Gasteiger partial charge in [-0.15, -0.1) is 0 Å². The summed E-state index contributed by atoms with van der Waals surface area (Å²) in [5.41, 5.74) is 2.22. The molecule has 0 aliphatic carbocycles. The van der Waals surface area contributed by atoms with E-state index < -0.39 is 6.10 Å². The van der Waals surface area contributed by atoms with Crippen LogP contribution < -0.4 is 9.64 Å². The minimum Gasteiger partial charge on any atom is -0.477 e. The van der Waals surface area contributed by atoms with E-state index >= 15 is 0 Å². The maximum absolute atomic E-state index is 13.1. The maximum Gasteiger partial charge on any atom is 0.265 e. The van der Waals surface area contributed by atoms with Crippen molar-refractivity contribution in [1.29, 1.82) is 0 Å². The first-order chi connectivity index (χ1) is 15.3. The number of amides is 1. The molecule has 0 bridgehead atoms. The monoisotopic (exact) mass is 418 g/mol. The van der Waals surface area contributed by atoms with Crippen molar-refractivity contribution in [2.45, 2.75) is 19.2 Å². The van der Waals surface area contributed by atoms with Crippen molar-refractivity contribution in [3.8, 4) is 5.75 Å². The van der Waals surface area contributed by atoms with Gasteiger partial charge in [-0.3, -0.25) is 4.79 Å². The fraction of sp³-hybridized carbons (Fsp3) is 0.333. The van der Waals surface area contributed by atoms with Crippen LogP contribution >= 0.6 is 0 Å². The lowest BCUT2D eigenvalue weighted by Crippen LogP contribution is -2.53. The Labute approximate surface area is 181 Å². The van der Waals surface area contributed by atoms with Crippen LogP contribution in [0.15, 0.2) is 67.0 Å². The molecule has 2 aliphatic rings. The molecular formula is C24H26N4O3. The summed E-state index contributed by atoms with van der Waals surface area (Å²) in [6.45, 7) is 4.24. The van der Waals surface area contributed by atoms with E-state index in [1.165, 1.54) is 5.56 Å². The van der Waals surface area contributed by atoms with Crippen LogP contribution in [-0.2, 0) is 22.6 Å². The van der Waals surface area contributed by atoms with Crippen LogP contribution in [0.3, 0.4) is 0 Å². The third kappa shape index (κ3) is 4.27. The third-order valence-electron chi connectivity index (χ3n) is 5.79. The van der Waals surface area contributed by atoms with Gasteiger partial charge in [0, 0.05) is 32.0 Å². The first-order valence-corrected chi connectivity index (χ1v) is 10.7.